The maximum absolute atomic E-state index is 12.1. The Hall–Kier alpha value is -3.48. The number of hydrogen-bond donors (Lipinski definition) is 2. The number of ether oxygens (including phenoxy) is 1. The average molecular weight is 361 g/mol. The van der Waals surface area contributed by atoms with Crippen molar-refractivity contribution in [3.63, 3.8) is 0 Å². The van der Waals surface area contributed by atoms with Gasteiger partial charge in [0.2, 0.25) is 5.95 Å². The largest absolute Gasteiger partial charge is 0.467 e. The summed E-state index contributed by atoms with van der Waals surface area (Å²) in [5.41, 5.74) is 2.26. The van der Waals surface area contributed by atoms with Gasteiger partial charge in [-0.15, -0.1) is 0 Å². The number of benzene rings is 2. The SMILES string of the molecule is COc1nc(Nc2ccccc2)nc(-c2ccc(C(=O)NC3CC3)cc2)n1. The van der Waals surface area contributed by atoms with Crippen LogP contribution in [-0.4, -0.2) is 34.0 Å². The van der Waals surface area contributed by atoms with Crippen LogP contribution in [-0.2, 0) is 0 Å². The molecule has 0 unspecified atom stereocenters. The molecule has 2 aromatic carbocycles. The Balaban J connectivity index is 1.58. The Bertz CT molecular complexity index is 940. The molecule has 7 heteroatoms. The van der Waals surface area contributed by atoms with E-state index < -0.39 is 0 Å². The average Bonchev–Trinajstić information content (AvgIpc) is 3.52. The molecule has 0 radical (unpaired) electrons. The van der Waals surface area contributed by atoms with E-state index in [2.05, 4.69) is 25.6 Å². The lowest BCUT2D eigenvalue weighted by atomic mass is 10.1. The van der Waals surface area contributed by atoms with Crippen molar-refractivity contribution < 1.29 is 9.53 Å². The van der Waals surface area contributed by atoms with Gasteiger partial charge in [0, 0.05) is 22.9 Å². The van der Waals surface area contributed by atoms with Crippen LogP contribution in [0.2, 0.25) is 0 Å². The molecule has 0 saturated heterocycles. The Labute approximate surface area is 156 Å². The van der Waals surface area contributed by atoms with Crippen molar-refractivity contribution in [2.75, 3.05) is 12.4 Å². The van der Waals surface area contributed by atoms with Gasteiger partial charge in [-0.2, -0.15) is 15.0 Å². The molecule has 0 bridgehead atoms. The molecular formula is C20H19N5O2. The van der Waals surface area contributed by atoms with E-state index in [1.807, 2.05) is 42.5 Å². The molecule has 1 fully saturated rings. The minimum absolute atomic E-state index is 0.0521. The number of amides is 1. The van der Waals surface area contributed by atoms with E-state index in [1.54, 1.807) is 12.1 Å². The third kappa shape index (κ3) is 4.20. The van der Waals surface area contributed by atoms with Crippen molar-refractivity contribution >= 4 is 17.5 Å². The van der Waals surface area contributed by atoms with E-state index in [-0.39, 0.29) is 11.9 Å². The summed E-state index contributed by atoms with van der Waals surface area (Å²) in [4.78, 5) is 25.1. The number of hydrogen-bond acceptors (Lipinski definition) is 6. The summed E-state index contributed by atoms with van der Waals surface area (Å²) in [7, 11) is 1.51. The zero-order chi connectivity index (χ0) is 18.6. The van der Waals surface area contributed by atoms with Crippen LogP contribution in [0, 0.1) is 0 Å². The quantitative estimate of drug-likeness (QED) is 0.701. The van der Waals surface area contributed by atoms with Crippen LogP contribution in [0.3, 0.4) is 0 Å². The fraction of sp³-hybridized carbons (Fsp3) is 0.200. The predicted molar refractivity (Wildman–Crippen MR) is 102 cm³/mol. The first-order valence-electron chi connectivity index (χ1n) is 8.75. The monoisotopic (exact) mass is 361 g/mol. The second-order valence-electron chi connectivity index (χ2n) is 6.29. The third-order valence-electron chi connectivity index (χ3n) is 4.15. The fourth-order valence-corrected chi connectivity index (χ4v) is 2.55. The Morgan fingerprint density at radius 3 is 2.41 bits per heavy atom. The summed E-state index contributed by atoms with van der Waals surface area (Å²) in [6.07, 6.45) is 2.12. The van der Waals surface area contributed by atoms with Gasteiger partial charge in [-0.05, 0) is 37.1 Å². The highest BCUT2D eigenvalue weighted by Crippen LogP contribution is 2.22. The van der Waals surface area contributed by atoms with Gasteiger partial charge in [-0.1, -0.05) is 30.3 Å². The Morgan fingerprint density at radius 1 is 1.00 bits per heavy atom. The van der Waals surface area contributed by atoms with Gasteiger partial charge in [0.15, 0.2) is 5.82 Å². The minimum atomic E-state index is -0.0521. The normalized spacial score (nSPS) is 13.1. The molecule has 4 rings (SSSR count). The summed E-state index contributed by atoms with van der Waals surface area (Å²) in [5.74, 6) is 0.803. The van der Waals surface area contributed by atoms with Gasteiger partial charge in [0.1, 0.15) is 0 Å². The van der Waals surface area contributed by atoms with Crippen molar-refractivity contribution in [2.45, 2.75) is 18.9 Å². The lowest BCUT2D eigenvalue weighted by Gasteiger charge is -2.09. The Morgan fingerprint density at radius 2 is 1.74 bits per heavy atom. The van der Waals surface area contributed by atoms with Crippen molar-refractivity contribution in [3.8, 4) is 17.4 Å². The number of methoxy groups -OCH3 is 1. The molecule has 3 aromatic rings. The van der Waals surface area contributed by atoms with Crippen molar-refractivity contribution in [2.24, 2.45) is 0 Å². The van der Waals surface area contributed by atoms with Crippen molar-refractivity contribution in [1.82, 2.24) is 20.3 Å². The first-order valence-corrected chi connectivity index (χ1v) is 8.75. The van der Waals surface area contributed by atoms with Crippen molar-refractivity contribution in [3.05, 3.63) is 60.2 Å². The number of para-hydroxylation sites is 1. The van der Waals surface area contributed by atoms with E-state index >= 15 is 0 Å². The topological polar surface area (TPSA) is 89.0 Å². The van der Waals surface area contributed by atoms with E-state index in [9.17, 15) is 4.79 Å². The maximum atomic E-state index is 12.1. The van der Waals surface area contributed by atoms with Gasteiger partial charge in [0.05, 0.1) is 7.11 Å². The number of rotatable bonds is 6. The first kappa shape index (κ1) is 17.0. The van der Waals surface area contributed by atoms with Crippen LogP contribution in [0.4, 0.5) is 11.6 Å². The third-order valence-corrected chi connectivity index (χ3v) is 4.15. The fourth-order valence-electron chi connectivity index (χ4n) is 2.55. The first-order chi connectivity index (χ1) is 13.2. The molecule has 1 aromatic heterocycles. The van der Waals surface area contributed by atoms with Crippen LogP contribution < -0.4 is 15.4 Å². The summed E-state index contributed by atoms with van der Waals surface area (Å²) in [6, 6.07) is 17.4. The molecule has 1 saturated carbocycles. The summed E-state index contributed by atoms with van der Waals surface area (Å²) >= 11 is 0. The predicted octanol–water partition coefficient (Wildman–Crippen LogP) is 3.18. The molecule has 7 nitrogen and oxygen atoms in total. The summed E-state index contributed by atoms with van der Waals surface area (Å²) < 4.78 is 5.20. The molecule has 1 amide bonds. The number of carbonyl (C=O) groups is 1. The highest BCUT2D eigenvalue weighted by atomic mass is 16.5. The van der Waals surface area contributed by atoms with Crippen molar-refractivity contribution in [1.29, 1.82) is 0 Å². The Kier molecular flexibility index (Phi) is 4.65. The molecule has 2 N–H and O–H groups in total. The van der Waals surface area contributed by atoms with Crippen LogP contribution >= 0.6 is 0 Å². The van der Waals surface area contributed by atoms with Crippen LogP contribution in [0.5, 0.6) is 6.01 Å². The summed E-state index contributed by atoms with van der Waals surface area (Å²) in [6.45, 7) is 0. The maximum Gasteiger partial charge on any atom is 0.321 e. The van der Waals surface area contributed by atoms with Gasteiger partial charge < -0.3 is 15.4 Å². The standard InChI is InChI=1S/C20H19N5O2/c1-27-20-24-17(23-19(25-20)22-15-5-3-2-4-6-15)13-7-9-14(10-8-13)18(26)21-16-11-12-16/h2-10,16H,11-12H2,1H3,(H,21,26)(H,22,23,24,25). The molecule has 136 valence electrons. The lowest BCUT2D eigenvalue weighted by Crippen LogP contribution is -2.25. The second-order valence-corrected chi connectivity index (χ2v) is 6.29. The molecule has 0 aliphatic heterocycles. The van der Waals surface area contributed by atoms with E-state index in [1.165, 1.54) is 7.11 Å². The smallest absolute Gasteiger partial charge is 0.321 e. The highest BCUT2D eigenvalue weighted by Gasteiger charge is 2.23. The number of nitrogens with one attached hydrogen (secondary N) is 2. The van der Waals surface area contributed by atoms with Gasteiger partial charge in [-0.25, -0.2) is 0 Å². The van der Waals surface area contributed by atoms with E-state index in [0.29, 0.717) is 23.4 Å². The zero-order valence-electron chi connectivity index (χ0n) is 14.8. The highest BCUT2D eigenvalue weighted by molar-refractivity contribution is 5.95. The van der Waals surface area contributed by atoms with Gasteiger partial charge in [-0.3, -0.25) is 4.79 Å². The second kappa shape index (κ2) is 7.41. The minimum Gasteiger partial charge on any atom is -0.467 e. The van der Waals surface area contributed by atoms with Gasteiger partial charge >= 0.3 is 6.01 Å². The van der Waals surface area contributed by atoms with Crippen LogP contribution in [0.1, 0.15) is 23.2 Å². The molecule has 1 aliphatic rings. The zero-order valence-corrected chi connectivity index (χ0v) is 14.8. The van der Waals surface area contributed by atoms with Crippen LogP contribution in [0.25, 0.3) is 11.4 Å². The number of nitrogens with zero attached hydrogens (tertiary/aromatic N) is 3. The van der Waals surface area contributed by atoms with Gasteiger partial charge in [0.25, 0.3) is 5.91 Å². The van der Waals surface area contributed by atoms with Crippen LogP contribution in [0.15, 0.2) is 54.6 Å². The molecular weight excluding hydrogens is 342 g/mol. The molecule has 0 spiro atoms. The molecule has 1 heterocycles. The number of aromatic nitrogens is 3. The molecule has 0 atom stereocenters. The lowest BCUT2D eigenvalue weighted by molar-refractivity contribution is 0.0951. The van der Waals surface area contributed by atoms with E-state index in [0.717, 1.165) is 24.1 Å². The van der Waals surface area contributed by atoms with E-state index in [4.69, 9.17) is 4.74 Å². The summed E-state index contributed by atoms with van der Waals surface area (Å²) in [5, 5.41) is 6.11. The molecule has 27 heavy (non-hydrogen) atoms. The number of carbonyl (C=O) groups excluding carboxylic acids is 1. The molecule has 1 aliphatic carbocycles. The number of anilines is 2.